The third-order valence-electron chi connectivity index (χ3n) is 6.34. The van der Waals surface area contributed by atoms with Gasteiger partial charge in [-0.2, -0.15) is 4.31 Å². The zero-order valence-corrected chi connectivity index (χ0v) is 19.3. The van der Waals surface area contributed by atoms with Gasteiger partial charge in [-0.3, -0.25) is 9.59 Å². The maximum absolute atomic E-state index is 13.3. The van der Waals surface area contributed by atoms with Gasteiger partial charge in [0.2, 0.25) is 21.8 Å². The molecule has 2 aliphatic heterocycles. The van der Waals surface area contributed by atoms with Crippen LogP contribution in [0.3, 0.4) is 0 Å². The van der Waals surface area contributed by atoms with Crippen LogP contribution in [0.1, 0.15) is 31.4 Å². The lowest BCUT2D eigenvalue weighted by molar-refractivity contribution is -0.128. The SMILES string of the molecule is CCN(CC)S(=O)(=O)c1ccc2c(c1)CCN2C(=O)C1CC(=O)N(Cc2ccccc2)C1. The molecule has 4 rings (SSSR count). The molecule has 1 atom stereocenters. The van der Waals surface area contributed by atoms with Gasteiger partial charge in [-0.05, 0) is 35.7 Å². The number of fused-ring (bicyclic) bond motifs is 1. The molecule has 1 saturated heterocycles. The summed E-state index contributed by atoms with van der Waals surface area (Å²) in [7, 11) is -3.54. The van der Waals surface area contributed by atoms with Crippen LogP contribution >= 0.6 is 0 Å². The molecular weight excluding hydrogens is 426 g/mol. The van der Waals surface area contributed by atoms with Crippen LogP contribution in [0.2, 0.25) is 0 Å². The third-order valence-corrected chi connectivity index (χ3v) is 8.38. The highest BCUT2D eigenvalue weighted by molar-refractivity contribution is 7.89. The first kappa shape index (κ1) is 22.5. The molecule has 0 N–H and O–H groups in total. The minimum absolute atomic E-state index is 0.00714. The normalized spacial score (nSPS) is 18.5. The van der Waals surface area contributed by atoms with Crippen LogP contribution in [0.5, 0.6) is 0 Å². The Morgan fingerprint density at radius 3 is 2.50 bits per heavy atom. The van der Waals surface area contributed by atoms with Gasteiger partial charge in [0, 0.05) is 44.8 Å². The topological polar surface area (TPSA) is 78.0 Å². The molecule has 170 valence electrons. The summed E-state index contributed by atoms with van der Waals surface area (Å²) in [5.74, 6) is -0.449. The smallest absolute Gasteiger partial charge is 0.243 e. The van der Waals surface area contributed by atoms with Crippen molar-refractivity contribution in [1.29, 1.82) is 0 Å². The number of amides is 2. The van der Waals surface area contributed by atoms with E-state index in [1.54, 1.807) is 28.0 Å². The molecule has 0 spiro atoms. The average molecular weight is 456 g/mol. The van der Waals surface area contributed by atoms with Crippen LogP contribution in [-0.4, -0.2) is 55.6 Å². The molecule has 0 aliphatic carbocycles. The number of rotatable bonds is 7. The Bertz CT molecular complexity index is 1110. The Morgan fingerprint density at radius 2 is 1.81 bits per heavy atom. The van der Waals surface area contributed by atoms with E-state index in [0.717, 1.165) is 16.8 Å². The van der Waals surface area contributed by atoms with E-state index in [1.807, 2.05) is 44.2 Å². The average Bonchev–Trinajstić information content (AvgIpc) is 3.38. The summed E-state index contributed by atoms with van der Waals surface area (Å²) >= 11 is 0. The Balaban J connectivity index is 1.49. The zero-order chi connectivity index (χ0) is 22.9. The number of carbonyl (C=O) groups is 2. The molecule has 1 unspecified atom stereocenters. The number of anilines is 1. The lowest BCUT2D eigenvalue weighted by atomic mass is 10.1. The van der Waals surface area contributed by atoms with Gasteiger partial charge in [0.25, 0.3) is 0 Å². The minimum Gasteiger partial charge on any atom is -0.338 e. The van der Waals surface area contributed by atoms with E-state index in [4.69, 9.17) is 0 Å². The van der Waals surface area contributed by atoms with Crippen molar-refractivity contribution in [2.45, 2.75) is 38.1 Å². The summed E-state index contributed by atoms with van der Waals surface area (Å²) in [6, 6.07) is 14.8. The molecule has 0 radical (unpaired) electrons. The lowest BCUT2D eigenvalue weighted by Gasteiger charge is -2.22. The second kappa shape index (κ2) is 9.03. The standard InChI is InChI=1S/C24H29N3O4S/c1-3-26(4-2)32(30,31)21-10-11-22-19(14-21)12-13-27(22)24(29)20-15-23(28)25(17-20)16-18-8-6-5-7-9-18/h5-11,14,20H,3-4,12-13,15-17H2,1-2H3. The van der Waals surface area contributed by atoms with Gasteiger partial charge in [0.1, 0.15) is 0 Å². The van der Waals surface area contributed by atoms with E-state index < -0.39 is 10.0 Å². The Labute approximate surface area is 189 Å². The molecule has 2 aliphatic rings. The molecular formula is C24H29N3O4S. The number of nitrogens with zero attached hydrogens (tertiary/aromatic N) is 3. The molecule has 2 heterocycles. The van der Waals surface area contributed by atoms with Crippen LogP contribution in [0.4, 0.5) is 5.69 Å². The molecule has 8 heteroatoms. The van der Waals surface area contributed by atoms with Crippen molar-refractivity contribution in [2.75, 3.05) is 31.1 Å². The Hall–Kier alpha value is -2.71. The van der Waals surface area contributed by atoms with Crippen molar-refractivity contribution in [2.24, 2.45) is 5.92 Å². The van der Waals surface area contributed by atoms with Crippen LogP contribution in [-0.2, 0) is 32.6 Å². The van der Waals surface area contributed by atoms with Crippen molar-refractivity contribution in [3.63, 3.8) is 0 Å². The highest BCUT2D eigenvalue weighted by Gasteiger charge is 2.38. The van der Waals surface area contributed by atoms with Crippen molar-refractivity contribution >= 4 is 27.5 Å². The van der Waals surface area contributed by atoms with Gasteiger partial charge < -0.3 is 9.80 Å². The van der Waals surface area contributed by atoms with Crippen molar-refractivity contribution in [1.82, 2.24) is 9.21 Å². The summed E-state index contributed by atoms with van der Waals surface area (Å²) in [6.07, 6.45) is 0.822. The minimum atomic E-state index is -3.54. The molecule has 0 bridgehead atoms. The summed E-state index contributed by atoms with van der Waals surface area (Å²) in [6.45, 7) is 5.88. The highest BCUT2D eigenvalue weighted by atomic mass is 32.2. The maximum atomic E-state index is 13.3. The van der Waals surface area contributed by atoms with Gasteiger partial charge in [-0.25, -0.2) is 8.42 Å². The monoisotopic (exact) mass is 455 g/mol. The first-order valence-corrected chi connectivity index (χ1v) is 12.5. The number of benzene rings is 2. The Morgan fingerprint density at radius 1 is 1.09 bits per heavy atom. The second-order valence-electron chi connectivity index (χ2n) is 8.28. The second-order valence-corrected chi connectivity index (χ2v) is 10.2. The molecule has 0 saturated carbocycles. The molecule has 2 aromatic carbocycles. The fraction of sp³-hybridized carbons (Fsp3) is 0.417. The van der Waals surface area contributed by atoms with E-state index in [-0.39, 0.29) is 29.0 Å². The first-order chi connectivity index (χ1) is 15.3. The van der Waals surface area contributed by atoms with Crippen molar-refractivity contribution in [3.05, 3.63) is 59.7 Å². The summed E-state index contributed by atoms with van der Waals surface area (Å²) in [5, 5.41) is 0. The fourth-order valence-corrected chi connectivity index (χ4v) is 6.10. The molecule has 1 fully saturated rings. The largest absolute Gasteiger partial charge is 0.338 e. The number of likely N-dealkylation sites (tertiary alicyclic amines) is 1. The zero-order valence-electron chi connectivity index (χ0n) is 18.5. The molecule has 7 nitrogen and oxygen atoms in total. The van der Waals surface area contributed by atoms with Gasteiger partial charge in [-0.15, -0.1) is 0 Å². The van der Waals surface area contributed by atoms with E-state index in [9.17, 15) is 18.0 Å². The van der Waals surface area contributed by atoms with Gasteiger partial charge in [0.15, 0.2) is 0 Å². The number of hydrogen-bond donors (Lipinski definition) is 0. The van der Waals surface area contributed by atoms with Crippen LogP contribution in [0.25, 0.3) is 0 Å². The predicted octanol–water partition coefficient (Wildman–Crippen LogP) is 2.65. The van der Waals surface area contributed by atoms with E-state index >= 15 is 0 Å². The fourth-order valence-electron chi connectivity index (χ4n) is 4.59. The summed E-state index contributed by atoms with van der Waals surface area (Å²) in [5.41, 5.74) is 2.65. The maximum Gasteiger partial charge on any atom is 0.243 e. The quantitative estimate of drug-likeness (QED) is 0.643. The molecule has 0 aromatic heterocycles. The summed E-state index contributed by atoms with van der Waals surface area (Å²) in [4.78, 5) is 29.5. The summed E-state index contributed by atoms with van der Waals surface area (Å²) < 4.78 is 27.1. The van der Waals surface area contributed by atoms with E-state index in [0.29, 0.717) is 39.1 Å². The molecule has 32 heavy (non-hydrogen) atoms. The van der Waals surface area contributed by atoms with Crippen LogP contribution in [0.15, 0.2) is 53.4 Å². The lowest BCUT2D eigenvalue weighted by Crippen LogP contribution is -2.36. The molecule has 2 aromatic rings. The molecule has 2 amide bonds. The van der Waals surface area contributed by atoms with Crippen molar-refractivity contribution < 1.29 is 18.0 Å². The third kappa shape index (κ3) is 4.17. The van der Waals surface area contributed by atoms with Gasteiger partial charge in [0.05, 0.1) is 10.8 Å². The van der Waals surface area contributed by atoms with Gasteiger partial charge in [-0.1, -0.05) is 44.2 Å². The van der Waals surface area contributed by atoms with Gasteiger partial charge >= 0.3 is 0 Å². The van der Waals surface area contributed by atoms with E-state index in [2.05, 4.69) is 0 Å². The number of carbonyl (C=O) groups excluding carboxylic acids is 2. The first-order valence-electron chi connectivity index (χ1n) is 11.1. The Kier molecular flexibility index (Phi) is 6.35. The van der Waals surface area contributed by atoms with Crippen LogP contribution in [0, 0.1) is 5.92 Å². The van der Waals surface area contributed by atoms with Crippen molar-refractivity contribution in [3.8, 4) is 0 Å². The van der Waals surface area contributed by atoms with E-state index in [1.165, 1.54) is 4.31 Å². The predicted molar refractivity (Wildman–Crippen MR) is 123 cm³/mol. The highest BCUT2D eigenvalue weighted by Crippen LogP contribution is 2.33. The number of sulfonamides is 1. The number of hydrogen-bond acceptors (Lipinski definition) is 4. The van der Waals surface area contributed by atoms with Crippen LogP contribution < -0.4 is 4.90 Å².